The van der Waals surface area contributed by atoms with Crippen LogP contribution in [-0.2, 0) is 11.3 Å². The minimum atomic E-state index is -0.683. The van der Waals surface area contributed by atoms with Crippen molar-refractivity contribution in [2.45, 2.75) is 45.1 Å². The zero-order valence-corrected chi connectivity index (χ0v) is 17.0. The van der Waals surface area contributed by atoms with Crippen molar-refractivity contribution in [1.82, 2.24) is 4.57 Å². The van der Waals surface area contributed by atoms with Crippen molar-refractivity contribution in [3.63, 3.8) is 0 Å². The Morgan fingerprint density at radius 2 is 1.93 bits per heavy atom. The maximum atomic E-state index is 13.2. The Morgan fingerprint density at radius 3 is 2.70 bits per heavy atom. The standard InChI is InChI=1S/C25H27FN2O2/c26-21-12-10-18(16-23(21)29)11-13-24(30)27-22-9-5-8-20-14-15-28(25(20)22)17-19-6-3-1-2-4-7-19/h5,8-16,19,29H,1-4,6-7,17H2,(H,27,30). The van der Waals surface area contributed by atoms with Gasteiger partial charge in [0, 0.05) is 24.2 Å². The van der Waals surface area contributed by atoms with E-state index in [4.69, 9.17) is 0 Å². The van der Waals surface area contributed by atoms with Gasteiger partial charge in [-0.05, 0) is 54.7 Å². The number of phenols is 1. The van der Waals surface area contributed by atoms with Gasteiger partial charge in [-0.25, -0.2) is 4.39 Å². The molecule has 156 valence electrons. The first kappa shape index (κ1) is 20.2. The summed E-state index contributed by atoms with van der Waals surface area (Å²) in [5.74, 6) is -0.706. The van der Waals surface area contributed by atoms with Crippen LogP contribution in [0.5, 0.6) is 5.75 Å². The normalized spacial score (nSPS) is 15.5. The zero-order valence-electron chi connectivity index (χ0n) is 17.0. The molecule has 1 aliphatic rings. The van der Waals surface area contributed by atoms with Gasteiger partial charge in [-0.2, -0.15) is 0 Å². The molecule has 0 bridgehead atoms. The third-order valence-electron chi connectivity index (χ3n) is 5.87. The number of nitrogens with one attached hydrogen (secondary N) is 1. The Kier molecular flexibility index (Phi) is 6.17. The van der Waals surface area contributed by atoms with Crippen LogP contribution in [0.25, 0.3) is 17.0 Å². The van der Waals surface area contributed by atoms with Crippen LogP contribution < -0.4 is 5.32 Å². The molecule has 0 saturated heterocycles. The molecule has 4 nitrogen and oxygen atoms in total. The molecule has 0 aliphatic heterocycles. The summed E-state index contributed by atoms with van der Waals surface area (Å²) in [4.78, 5) is 12.5. The summed E-state index contributed by atoms with van der Waals surface area (Å²) in [6, 6.07) is 12.0. The van der Waals surface area contributed by atoms with Crippen LogP contribution >= 0.6 is 0 Å². The fourth-order valence-electron chi connectivity index (χ4n) is 4.32. The number of carbonyl (C=O) groups is 1. The number of nitrogens with zero attached hydrogens (tertiary/aromatic N) is 1. The molecule has 5 heteroatoms. The number of carbonyl (C=O) groups excluding carboxylic acids is 1. The smallest absolute Gasteiger partial charge is 0.248 e. The number of aromatic hydroxyl groups is 1. The summed E-state index contributed by atoms with van der Waals surface area (Å²) in [6.45, 7) is 0.973. The minimum absolute atomic E-state index is 0.270. The highest BCUT2D eigenvalue weighted by Gasteiger charge is 2.15. The lowest BCUT2D eigenvalue weighted by Crippen LogP contribution is -2.12. The predicted octanol–water partition coefficient (Wildman–Crippen LogP) is 6.11. The highest BCUT2D eigenvalue weighted by Crippen LogP contribution is 2.29. The van der Waals surface area contributed by atoms with E-state index in [9.17, 15) is 14.3 Å². The topological polar surface area (TPSA) is 54.3 Å². The molecule has 2 N–H and O–H groups in total. The van der Waals surface area contributed by atoms with E-state index in [1.54, 1.807) is 6.08 Å². The van der Waals surface area contributed by atoms with Gasteiger partial charge in [-0.3, -0.25) is 4.79 Å². The second-order valence-corrected chi connectivity index (χ2v) is 8.10. The molecular formula is C25H27FN2O2. The number of fused-ring (bicyclic) bond motifs is 1. The van der Waals surface area contributed by atoms with Crippen LogP contribution in [0, 0.1) is 11.7 Å². The number of rotatable bonds is 5. The van der Waals surface area contributed by atoms with E-state index in [0.29, 0.717) is 11.5 Å². The van der Waals surface area contributed by atoms with Gasteiger partial charge in [0.05, 0.1) is 11.2 Å². The van der Waals surface area contributed by atoms with Crippen molar-refractivity contribution < 1.29 is 14.3 Å². The van der Waals surface area contributed by atoms with Crippen LogP contribution in [0.2, 0.25) is 0 Å². The molecule has 30 heavy (non-hydrogen) atoms. The number of hydrogen-bond acceptors (Lipinski definition) is 2. The van der Waals surface area contributed by atoms with E-state index >= 15 is 0 Å². The second-order valence-electron chi connectivity index (χ2n) is 8.10. The fourth-order valence-corrected chi connectivity index (χ4v) is 4.32. The molecule has 0 unspecified atom stereocenters. The lowest BCUT2D eigenvalue weighted by molar-refractivity contribution is -0.111. The highest BCUT2D eigenvalue weighted by atomic mass is 19.1. The molecule has 2 aromatic carbocycles. The molecule has 0 atom stereocenters. The Balaban J connectivity index is 1.51. The third-order valence-corrected chi connectivity index (χ3v) is 5.87. The van der Waals surface area contributed by atoms with Crippen LogP contribution in [-0.4, -0.2) is 15.6 Å². The van der Waals surface area contributed by atoms with Crippen LogP contribution in [0.3, 0.4) is 0 Å². The van der Waals surface area contributed by atoms with Gasteiger partial charge >= 0.3 is 0 Å². The maximum absolute atomic E-state index is 13.2. The average Bonchev–Trinajstić information content (AvgIpc) is 2.97. The minimum Gasteiger partial charge on any atom is -0.505 e. The molecule has 3 aromatic rings. The van der Waals surface area contributed by atoms with Crippen molar-refractivity contribution in [3.05, 3.63) is 66.1 Å². The molecular weight excluding hydrogens is 379 g/mol. The first-order valence-electron chi connectivity index (χ1n) is 10.7. The number of hydrogen-bond donors (Lipinski definition) is 2. The zero-order chi connectivity index (χ0) is 20.9. The molecule has 1 saturated carbocycles. The van der Waals surface area contributed by atoms with Gasteiger partial charge in [0.2, 0.25) is 5.91 Å². The maximum Gasteiger partial charge on any atom is 0.248 e. The fraction of sp³-hybridized carbons (Fsp3) is 0.320. The summed E-state index contributed by atoms with van der Waals surface area (Å²) >= 11 is 0. The van der Waals surface area contributed by atoms with E-state index in [1.807, 2.05) is 12.1 Å². The molecule has 1 fully saturated rings. The first-order chi connectivity index (χ1) is 14.6. The summed E-state index contributed by atoms with van der Waals surface area (Å²) in [5.41, 5.74) is 2.38. The van der Waals surface area contributed by atoms with Gasteiger partial charge in [-0.15, -0.1) is 0 Å². The molecule has 0 radical (unpaired) electrons. The summed E-state index contributed by atoms with van der Waals surface area (Å²) in [6.07, 6.45) is 12.9. The summed E-state index contributed by atoms with van der Waals surface area (Å²) in [7, 11) is 0. The van der Waals surface area contributed by atoms with Crippen molar-refractivity contribution >= 4 is 28.6 Å². The number of phenolic OH excluding ortho intramolecular Hbond substituents is 1. The SMILES string of the molecule is O=C(C=Cc1ccc(F)c(O)c1)Nc1cccc2ccn(CC3CCCCCC3)c12. The quantitative estimate of drug-likeness (QED) is 0.397. The Bertz CT molecular complexity index is 1060. The first-order valence-corrected chi connectivity index (χ1v) is 10.7. The number of benzene rings is 2. The number of para-hydroxylation sites is 1. The monoisotopic (exact) mass is 406 g/mol. The Labute approximate surface area is 176 Å². The van der Waals surface area contributed by atoms with Gasteiger partial charge in [0.25, 0.3) is 0 Å². The van der Waals surface area contributed by atoms with Crippen molar-refractivity contribution in [2.75, 3.05) is 5.32 Å². The average molecular weight is 407 g/mol. The molecule has 1 aromatic heterocycles. The molecule has 4 rings (SSSR count). The molecule has 1 aliphatic carbocycles. The van der Waals surface area contributed by atoms with Crippen molar-refractivity contribution in [1.29, 1.82) is 0 Å². The molecule has 1 amide bonds. The molecule has 1 heterocycles. The number of halogens is 1. The van der Waals surface area contributed by atoms with Crippen molar-refractivity contribution in [2.24, 2.45) is 5.92 Å². The Morgan fingerprint density at radius 1 is 1.13 bits per heavy atom. The number of aromatic nitrogens is 1. The molecule has 0 spiro atoms. The lowest BCUT2D eigenvalue weighted by Gasteiger charge is -2.17. The summed E-state index contributed by atoms with van der Waals surface area (Å²) < 4.78 is 15.4. The van der Waals surface area contributed by atoms with E-state index in [1.165, 1.54) is 62.8 Å². The number of anilines is 1. The van der Waals surface area contributed by atoms with Gasteiger partial charge in [0.1, 0.15) is 0 Å². The van der Waals surface area contributed by atoms with E-state index < -0.39 is 11.6 Å². The lowest BCUT2D eigenvalue weighted by atomic mass is 10.0. The third kappa shape index (κ3) is 4.73. The summed E-state index contributed by atoms with van der Waals surface area (Å²) in [5, 5.41) is 13.5. The highest BCUT2D eigenvalue weighted by molar-refractivity contribution is 6.06. The van der Waals surface area contributed by atoms with E-state index in [-0.39, 0.29) is 5.91 Å². The Hall–Kier alpha value is -3.08. The largest absolute Gasteiger partial charge is 0.505 e. The van der Waals surface area contributed by atoms with Gasteiger partial charge in [-0.1, -0.05) is 43.9 Å². The van der Waals surface area contributed by atoms with Crippen LogP contribution in [0.15, 0.2) is 54.7 Å². The van der Waals surface area contributed by atoms with Crippen LogP contribution in [0.1, 0.15) is 44.1 Å². The number of amides is 1. The van der Waals surface area contributed by atoms with Gasteiger partial charge in [0.15, 0.2) is 11.6 Å². The van der Waals surface area contributed by atoms with Crippen molar-refractivity contribution in [3.8, 4) is 5.75 Å². The van der Waals surface area contributed by atoms with Crippen LogP contribution in [0.4, 0.5) is 10.1 Å². The van der Waals surface area contributed by atoms with Gasteiger partial charge < -0.3 is 15.0 Å². The second kappa shape index (κ2) is 9.16. The predicted molar refractivity (Wildman–Crippen MR) is 119 cm³/mol. The van der Waals surface area contributed by atoms with E-state index in [2.05, 4.69) is 28.2 Å². The van der Waals surface area contributed by atoms with E-state index in [0.717, 1.165) is 23.1 Å².